The van der Waals surface area contributed by atoms with Crippen LogP contribution in [0.15, 0.2) is 24.3 Å². The summed E-state index contributed by atoms with van der Waals surface area (Å²) in [7, 11) is 1.59. The molecule has 0 unspecified atom stereocenters. The van der Waals surface area contributed by atoms with Crippen LogP contribution in [0, 0.1) is 5.41 Å². The molecule has 1 aromatic carbocycles. The fourth-order valence-corrected chi connectivity index (χ4v) is 2.46. The van der Waals surface area contributed by atoms with Gasteiger partial charge in [0.25, 0.3) is 0 Å². The van der Waals surface area contributed by atoms with Crippen molar-refractivity contribution in [3.63, 3.8) is 0 Å². The van der Waals surface area contributed by atoms with Gasteiger partial charge in [-0.05, 0) is 30.4 Å². The van der Waals surface area contributed by atoms with Gasteiger partial charge in [-0.1, -0.05) is 19.1 Å². The summed E-state index contributed by atoms with van der Waals surface area (Å²) in [6.07, 6.45) is 2.07. The van der Waals surface area contributed by atoms with Crippen LogP contribution in [-0.2, 0) is 9.53 Å². The zero-order valence-corrected chi connectivity index (χ0v) is 12.8. The number of carbonyl (C=O) groups is 1. The van der Waals surface area contributed by atoms with E-state index in [1.54, 1.807) is 7.11 Å². The lowest BCUT2D eigenvalue weighted by atomic mass is 9.82. The maximum atomic E-state index is 12.0. The van der Waals surface area contributed by atoms with Crippen molar-refractivity contribution in [1.82, 2.24) is 5.32 Å². The van der Waals surface area contributed by atoms with Crippen LogP contribution < -0.4 is 15.4 Å². The lowest BCUT2D eigenvalue weighted by Gasteiger charge is -2.33. The van der Waals surface area contributed by atoms with Crippen molar-refractivity contribution in [3.05, 3.63) is 24.3 Å². The molecule has 2 N–H and O–H groups in total. The summed E-state index contributed by atoms with van der Waals surface area (Å²) in [5.41, 5.74) is 0.923. The molecule has 0 spiro atoms. The molecule has 0 radical (unpaired) electrons. The molecule has 1 heterocycles. The largest absolute Gasteiger partial charge is 0.495 e. The fraction of sp³-hybridized carbons (Fsp3) is 0.562. The number of ether oxygens (including phenoxy) is 2. The highest BCUT2D eigenvalue weighted by atomic mass is 16.5. The predicted octanol–water partition coefficient (Wildman–Crippen LogP) is 2.04. The maximum Gasteiger partial charge on any atom is 0.238 e. The van der Waals surface area contributed by atoms with Crippen molar-refractivity contribution in [3.8, 4) is 5.75 Å². The highest BCUT2D eigenvalue weighted by molar-refractivity contribution is 5.93. The van der Waals surface area contributed by atoms with Gasteiger partial charge in [-0.15, -0.1) is 0 Å². The van der Waals surface area contributed by atoms with E-state index >= 15 is 0 Å². The Balaban J connectivity index is 1.77. The highest BCUT2D eigenvalue weighted by Gasteiger charge is 2.26. The van der Waals surface area contributed by atoms with E-state index < -0.39 is 0 Å². The molecule has 1 amide bonds. The molecule has 116 valence electrons. The molecule has 1 aromatic rings. The molecule has 1 saturated heterocycles. The molecular formula is C16H24N2O3. The van der Waals surface area contributed by atoms with Gasteiger partial charge in [0, 0.05) is 19.8 Å². The molecule has 5 heteroatoms. The van der Waals surface area contributed by atoms with Crippen molar-refractivity contribution in [1.29, 1.82) is 0 Å². The number of nitrogens with one attached hydrogen (secondary N) is 2. The summed E-state index contributed by atoms with van der Waals surface area (Å²) >= 11 is 0. The van der Waals surface area contributed by atoms with Crippen LogP contribution in [0.1, 0.15) is 19.8 Å². The van der Waals surface area contributed by atoms with E-state index in [-0.39, 0.29) is 11.3 Å². The number of rotatable bonds is 6. The van der Waals surface area contributed by atoms with Gasteiger partial charge in [0.05, 0.1) is 19.3 Å². The quantitative estimate of drug-likeness (QED) is 0.842. The lowest BCUT2D eigenvalue weighted by Crippen LogP contribution is -2.39. The molecular weight excluding hydrogens is 268 g/mol. The van der Waals surface area contributed by atoms with Gasteiger partial charge in [-0.2, -0.15) is 0 Å². The van der Waals surface area contributed by atoms with E-state index in [4.69, 9.17) is 9.47 Å². The summed E-state index contributed by atoms with van der Waals surface area (Å²) in [6.45, 7) is 4.99. The molecule has 21 heavy (non-hydrogen) atoms. The number of carbonyl (C=O) groups excluding carboxylic acids is 1. The topological polar surface area (TPSA) is 59.6 Å². The van der Waals surface area contributed by atoms with Gasteiger partial charge in [0.2, 0.25) is 5.91 Å². The average molecular weight is 292 g/mol. The minimum Gasteiger partial charge on any atom is -0.495 e. The van der Waals surface area contributed by atoms with E-state index in [0.717, 1.165) is 32.6 Å². The molecule has 1 aliphatic rings. The third-order valence-corrected chi connectivity index (χ3v) is 3.92. The van der Waals surface area contributed by atoms with Gasteiger partial charge in [-0.25, -0.2) is 0 Å². The molecule has 0 aromatic heterocycles. The van der Waals surface area contributed by atoms with Crippen molar-refractivity contribution < 1.29 is 14.3 Å². The van der Waals surface area contributed by atoms with Gasteiger partial charge in [-0.3, -0.25) is 4.79 Å². The third kappa shape index (κ3) is 4.72. The number of para-hydroxylation sites is 2. The van der Waals surface area contributed by atoms with Crippen molar-refractivity contribution in [2.45, 2.75) is 19.8 Å². The Hall–Kier alpha value is -1.59. The summed E-state index contributed by atoms with van der Waals surface area (Å²) in [4.78, 5) is 12.0. The molecule has 1 fully saturated rings. The number of benzene rings is 1. The average Bonchev–Trinajstić information content (AvgIpc) is 2.48. The van der Waals surface area contributed by atoms with Crippen molar-refractivity contribution in [2.24, 2.45) is 5.41 Å². The standard InChI is InChI=1S/C16H24N2O3/c1-16(7-9-21-10-8-16)12-17-11-15(19)18-13-5-3-4-6-14(13)20-2/h3-6,17H,7-12H2,1-2H3,(H,18,19). The fourth-order valence-electron chi connectivity index (χ4n) is 2.46. The van der Waals surface area contributed by atoms with Crippen molar-refractivity contribution >= 4 is 11.6 Å². The molecule has 0 saturated carbocycles. The monoisotopic (exact) mass is 292 g/mol. The number of hydrogen-bond donors (Lipinski definition) is 2. The Labute approximate surface area is 126 Å². The van der Waals surface area contributed by atoms with Crippen LogP contribution in [0.3, 0.4) is 0 Å². The second kappa shape index (κ2) is 7.43. The summed E-state index contributed by atoms with van der Waals surface area (Å²) in [5.74, 6) is 0.609. The van der Waals surface area contributed by atoms with Gasteiger partial charge in [0.15, 0.2) is 0 Å². The van der Waals surface area contributed by atoms with E-state index in [0.29, 0.717) is 18.0 Å². The first-order valence-electron chi connectivity index (χ1n) is 7.34. The molecule has 0 bridgehead atoms. The van der Waals surface area contributed by atoms with Crippen LogP contribution in [-0.4, -0.2) is 39.3 Å². The Bertz CT molecular complexity index is 470. The summed E-state index contributed by atoms with van der Waals surface area (Å²) in [5, 5.41) is 6.11. The Morgan fingerprint density at radius 3 is 2.76 bits per heavy atom. The van der Waals surface area contributed by atoms with Crippen molar-refractivity contribution in [2.75, 3.05) is 38.7 Å². The van der Waals surface area contributed by atoms with Crippen LogP contribution in [0.25, 0.3) is 0 Å². The number of hydrogen-bond acceptors (Lipinski definition) is 4. The maximum absolute atomic E-state index is 12.0. The zero-order chi connectivity index (χ0) is 15.1. The number of amides is 1. The Kier molecular flexibility index (Phi) is 5.59. The SMILES string of the molecule is COc1ccccc1NC(=O)CNCC1(C)CCOCC1. The lowest BCUT2D eigenvalue weighted by molar-refractivity contribution is -0.115. The third-order valence-electron chi connectivity index (χ3n) is 3.92. The molecule has 0 atom stereocenters. The van der Waals surface area contributed by atoms with E-state index in [1.807, 2.05) is 24.3 Å². The molecule has 1 aliphatic heterocycles. The first kappa shape index (κ1) is 15.8. The smallest absolute Gasteiger partial charge is 0.238 e. The zero-order valence-electron chi connectivity index (χ0n) is 12.8. The van der Waals surface area contributed by atoms with Gasteiger partial charge in [0.1, 0.15) is 5.75 Å². The minimum absolute atomic E-state index is 0.0600. The first-order chi connectivity index (χ1) is 10.1. The highest BCUT2D eigenvalue weighted by Crippen LogP contribution is 2.28. The molecule has 0 aliphatic carbocycles. The van der Waals surface area contributed by atoms with E-state index in [2.05, 4.69) is 17.6 Å². The predicted molar refractivity (Wildman–Crippen MR) is 82.7 cm³/mol. The van der Waals surface area contributed by atoms with E-state index in [1.165, 1.54) is 0 Å². The second-order valence-electron chi connectivity index (χ2n) is 5.78. The number of anilines is 1. The Morgan fingerprint density at radius 2 is 2.05 bits per heavy atom. The minimum atomic E-state index is -0.0600. The van der Waals surface area contributed by atoms with Gasteiger partial charge < -0.3 is 20.1 Å². The first-order valence-corrected chi connectivity index (χ1v) is 7.34. The van der Waals surface area contributed by atoms with Crippen LogP contribution >= 0.6 is 0 Å². The molecule has 2 rings (SSSR count). The summed E-state index contributed by atoms with van der Waals surface area (Å²) in [6, 6.07) is 7.40. The van der Waals surface area contributed by atoms with Crippen LogP contribution in [0.4, 0.5) is 5.69 Å². The summed E-state index contributed by atoms with van der Waals surface area (Å²) < 4.78 is 10.6. The van der Waals surface area contributed by atoms with Crippen LogP contribution in [0.5, 0.6) is 5.75 Å². The normalized spacial score (nSPS) is 17.2. The molecule has 5 nitrogen and oxygen atoms in total. The number of methoxy groups -OCH3 is 1. The van der Waals surface area contributed by atoms with Gasteiger partial charge >= 0.3 is 0 Å². The van der Waals surface area contributed by atoms with E-state index in [9.17, 15) is 4.79 Å². The Morgan fingerprint density at radius 1 is 1.33 bits per heavy atom. The second-order valence-corrected chi connectivity index (χ2v) is 5.78. The van der Waals surface area contributed by atoms with Crippen LogP contribution in [0.2, 0.25) is 0 Å².